The molecular formula is C11H16N2. The summed E-state index contributed by atoms with van der Waals surface area (Å²) in [5.74, 6) is 0. The van der Waals surface area contributed by atoms with Crippen molar-refractivity contribution in [1.29, 1.82) is 0 Å². The maximum absolute atomic E-state index is 3.41. The van der Waals surface area contributed by atoms with Gasteiger partial charge in [-0.15, -0.1) is 0 Å². The lowest BCUT2D eigenvalue weighted by atomic mass is 10.0. The molecule has 0 spiro atoms. The summed E-state index contributed by atoms with van der Waals surface area (Å²) in [7, 11) is 1.97. The summed E-state index contributed by atoms with van der Waals surface area (Å²) in [6, 6.07) is 6.67. The second kappa shape index (κ2) is 3.79. The van der Waals surface area contributed by atoms with Crippen LogP contribution < -0.4 is 10.6 Å². The first-order valence-corrected chi connectivity index (χ1v) is 4.90. The number of hydrogen-bond donors (Lipinski definition) is 2. The van der Waals surface area contributed by atoms with Crippen LogP contribution in [0.3, 0.4) is 0 Å². The maximum atomic E-state index is 3.41. The molecule has 0 aromatic heterocycles. The minimum Gasteiger partial charge on any atom is -0.388 e. The molecule has 0 aliphatic carbocycles. The summed E-state index contributed by atoms with van der Waals surface area (Å²) >= 11 is 0. The number of hydrogen-bond acceptors (Lipinski definition) is 2. The van der Waals surface area contributed by atoms with Crippen LogP contribution in [0.5, 0.6) is 0 Å². The van der Waals surface area contributed by atoms with E-state index in [1.54, 1.807) is 0 Å². The lowest BCUT2D eigenvalue weighted by molar-refractivity contribution is 0.711. The highest BCUT2D eigenvalue weighted by Gasteiger charge is 2.06. The van der Waals surface area contributed by atoms with Gasteiger partial charge in [-0.05, 0) is 49.2 Å². The van der Waals surface area contributed by atoms with Gasteiger partial charge in [-0.3, -0.25) is 0 Å². The van der Waals surface area contributed by atoms with Gasteiger partial charge >= 0.3 is 0 Å². The van der Waals surface area contributed by atoms with E-state index >= 15 is 0 Å². The van der Waals surface area contributed by atoms with Gasteiger partial charge in [0, 0.05) is 12.7 Å². The van der Waals surface area contributed by atoms with E-state index < -0.39 is 0 Å². The fourth-order valence-electron chi connectivity index (χ4n) is 1.83. The van der Waals surface area contributed by atoms with Gasteiger partial charge in [-0.1, -0.05) is 6.07 Å². The van der Waals surface area contributed by atoms with Crippen molar-refractivity contribution in [3.63, 3.8) is 0 Å². The van der Waals surface area contributed by atoms with Crippen LogP contribution in [0.4, 0.5) is 5.69 Å². The van der Waals surface area contributed by atoms with Gasteiger partial charge in [0.1, 0.15) is 0 Å². The molecule has 1 aliphatic rings. The standard InChI is InChI=1S/C11H16N2/c1-12-11-3-2-9-4-6-13-7-5-10(9)8-11/h2-3,8,12-13H,4-7H2,1H3. The van der Waals surface area contributed by atoms with Crippen LogP contribution in [-0.4, -0.2) is 20.1 Å². The average molecular weight is 176 g/mol. The molecule has 2 N–H and O–H groups in total. The van der Waals surface area contributed by atoms with Gasteiger partial charge in [0.05, 0.1) is 0 Å². The third-order valence-corrected chi connectivity index (χ3v) is 2.64. The molecule has 0 saturated heterocycles. The lowest BCUT2D eigenvalue weighted by Crippen LogP contribution is -2.16. The predicted molar refractivity (Wildman–Crippen MR) is 56.3 cm³/mol. The first-order valence-electron chi connectivity index (χ1n) is 4.90. The Bertz CT molecular complexity index is 294. The van der Waals surface area contributed by atoms with Crippen molar-refractivity contribution < 1.29 is 0 Å². The molecule has 70 valence electrons. The van der Waals surface area contributed by atoms with Crippen LogP contribution in [0.25, 0.3) is 0 Å². The molecule has 1 aromatic rings. The minimum absolute atomic E-state index is 1.11. The molecule has 0 bridgehead atoms. The van der Waals surface area contributed by atoms with Gasteiger partial charge in [0.15, 0.2) is 0 Å². The second-order valence-corrected chi connectivity index (χ2v) is 3.48. The quantitative estimate of drug-likeness (QED) is 0.676. The zero-order chi connectivity index (χ0) is 9.10. The van der Waals surface area contributed by atoms with Gasteiger partial charge in [0.2, 0.25) is 0 Å². The minimum atomic E-state index is 1.11. The summed E-state index contributed by atoms with van der Waals surface area (Å²) in [5, 5.41) is 6.59. The molecular weight excluding hydrogens is 160 g/mol. The van der Waals surface area contributed by atoms with Crippen LogP contribution >= 0.6 is 0 Å². The topological polar surface area (TPSA) is 24.1 Å². The molecule has 1 aliphatic heterocycles. The monoisotopic (exact) mass is 176 g/mol. The van der Waals surface area contributed by atoms with Crippen molar-refractivity contribution in [2.45, 2.75) is 12.8 Å². The predicted octanol–water partition coefficient (Wildman–Crippen LogP) is 1.42. The van der Waals surface area contributed by atoms with Gasteiger partial charge < -0.3 is 10.6 Å². The van der Waals surface area contributed by atoms with E-state index in [0.717, 1.165) is 19.5 Å². The molecule has 0 fully saturated rings. The molecule has 0 saturated carbocycles. The Morgan fingerprint density at radius 2 is 1.92 bits per heavy atom. The van der Waals surface area contributed by atoms with E-state index in [2.05, 4.69) is 28.8 Å². The number of benzene rings is 1. The molecule has 0 unspecified atom stereocenters. The lowest BCUT2D eigenvalue weighted by Gasteiger charge is -2.07. The summed E-state index contributed by atoms with van der Waals surface area (Å²) in [6.07, 6.45) is 2.32. The Hall–Kier alpha value is -1.02. The van der Waals surface area contributed by atoms with Crippen LogP contribution in [0.1, 0.15) is 11.1 Å². The number of nitrogens with one attached hydrogen (secondary N) is 2. The van der Waals surface area contributed by atoms with Gasteiger partial charge in [-0.2, -0.15) is 0 Å². The zero-order valence-electron chi connectivity index (χ0n) is 8.06. The highest BCUT2D eigenvalue weighted by Crippen LogP contribution is 2.17. The fourth-order valence-corrected chi connectivity index (χ4v) is 1.83. The summed E-state index contributed by atoms with van der Waals surface area (Å²) in [4.78, 5) is 0. The third kappa shape index (κ3) is 1.83. The van der Waals surface area contributed by atoms with Gasteiger partial charge in [0.25, 0.3) is 0 Å². The molecule has 13 heavy (non-hydrogen) atoms. The second-order valence-electron chi connectivity index (χ2n) is 3.48. The SMILES string of the molecule is CNc1ccc2c(c1)CCNCC2. The van der Waals surface area contributed by atoms with E-state index in [1.165, 1.54) is 23.2 Å². The van der Waals surface area contributed by atoms with Gasteiger partial charge in [-0.25, -0.2) is 0 Å². The summed E-state index contributed by atoms with van der Waals surface area (Å²) < 4.78 is 0. The highest BCUT2D eigenvalue weighted by molar-refractivity contribution is 5.48. The average Bonchev–Trinajstić information content (AvgIpc) is 2.41. The summed E-state index contributed by atoms with van der Waals surface area (Å²) in [6.45, 7) is 2.23. The van der Waals surface area contributed by atoms with E-state index in [4.69, 9.17) is 0 Å². The number of rotatable bonds is 1. The summed E-state index contributed by atoms with van der Waals surface area (Å²) in [5.41, 5.74) is 4.22. The maximum Gasteiger partial charge on any atom is 0.0340 e. The normalized spacial score (nSPS) is 16.1. The number of anilines is 1. The van der Waals surface area contributed by atoms with Crippen LogP contribution in [-0.2, 0) is 12.8 Å². The molecule has 2 rings (SSSR count). The fraction of sp³-hybridized carbons (Fsp3) is 0.455. The Morgan fingerprint density at radius 3 is 2.69 bits per heavy atom. The van der Waals surface area contributed by atoms with Crippen LogP contribution in [0.15, 0.2) is 18.2 Å². The van der Waals surface area contributed by atoms with Crippen molar-refractivity contribution in [1.82, 2.24) is 5.32 Å². The van der Waals surface area contributed by atoms with Crippen LogP contribution in [0.2, 0.25) is 0 Å². The molecule has 0 radical (unpaired) electrons. The first-order chi connectivity index (χ1) is 6.40. The highest BCUT2D eigenvalue weighted by atomic mass is 14.9. The molecule has 2 heteroatoms. The Balaban J connectivity index is 2.32. The molecule has 0 amide bonds. The van der Waals surface area contributed by atoms with E-state index in [1.807, 2.05) is 7.05 Å². The Morgan fingerprint density at radius 1 is 1.15 bits per heavy atom. The van der Waals surface area contributed by atoms with Crippen molar-refractivity contribution in [2.24, 2.45) is 0 Å². The largest absolute Gasteiger partial charge is 0.388 e. The Labute approximate surface area is 79.4 Å². The van der Waals surface area contributed by atoms with Crippen molar-refractivity contribution in [2.75, 3.05) is 25.5 Å². The Kier molecular flexibility index (Phi) is 2.50. The van der Waals surface area contributed by atoms with Crippen molar-refractivity contribution in [3.05, 3.63) is 29.3 Å². The zero-order valence-corrected chi connectivity index (χ0v) is 8.06. The first kappa shape index (κ1) is 8.57. The van der Waals surface area contributed by atoms with Crippen LogP contribution in [0, 0.1) is 0 Å². The van der Waals surface area contributed by atoms with Crippen molar-refractivity contribution in [3.8, 4) is 0 Å². The van der Waals surface area contributed by atoms with E-state index in [9.17, 15) is 0 Å². The van der Waals surface area contributed by atoms with E-state index in [-0.39, 0.29) is 0 Å². The molecule has 0 atom stereocenters. The number of fused-ring (bicyclic) bond motifs is 1. The molecule has 2 nitrogen and oxygen atoms in total. The molecule has 1 aromatic carbocycles. The van der Waals surface area contributed by atoms with E-state index in [0.29, 0.717) is 0 Å². The van der Waals surface area contributed by atoms with Crippen molar-refractivity contribution >= 4 is 5.69 Å². The molecule has 1 heterocycles. The smallest absolute Gasteiger partial charge is 0.0340 e. The third-order valence-electron chi connectivity index (χ3n) is 2.64.